The van der Waals surface area contributed by atoms with Gasteiger partial charge in [-0.05, 0) is 49.8 Å². The number of aryl methyl sites for hydroxylation is 1. The minimum absolute atomic E-state index is 0.541. The summed E-state index contributed by atoms with van der Waals surface area (Å²) in [5.74, 6) is 2.82. The molecule has 27 heavy (non-hydrogen) atoms. The van der Waals surface area contributed by atoms with Crippen LogP contribution in [0.1, 0.15) is 37.3 Å². The van der Waals surface area contributed by atoms with Crippen molar-refractivity contribution in [2.45, 2.75) is 31.6 Å². The molecule has 140 valence electrons. The van der Waals surface area contributed by atoms with Gasteiger partial charge in [-0.2, -0.15) is 5.10 Å². The summed E-state index contributed by atoms with van der Waals surface area (Å²) in [6.07, 6.45) is 6.48. The molecule has 0 atom stereocenters. The van der Waals surface area contributed by atoms with Gasteiger partial charge in [0.05, 0.1) is 12.3 Å². The number of pyridine rings is 1. The maximum atomic E-state index is 5.89. The molecule has 0 N–H and O–H groups in total. The molecule has 0 amide bonds. The first-order chi connectivity index (χ1) is 13.3. The topological polar surface area (TPSA) is 69.0 Å². The van der Waals surface area contributed by atoms with E-state index in [-0.39, 0.29) is 0 Å². The van der Waals surface area contributed by atoms with Crippen LogP contribution < -0.4 is 9.64 Å². The summed E-state index contributed by atoms with van der Waals surface area (Å²) in [5, 5.41) is 8.51. The highest BCUT2D eigenvalue weighted by atomic mass is 16.5. The Labute approximate surface area is 158 Å². The van der Waals surface area contributed by atoms with Crippen LogP contribution in [-0.4, -0.2) is 44.4 Å². The van der Waals surface area contributed by atoms with Crippen molar-refractivity contribution < 1.29 is 4.74 Å². The van der Waals surface area contributed by atoms with Gasteiger partial charge in [0.1, 0.15) is 5.52 Å². The summed E-state index contributed by atoms with van der Waals surface area (Å²) in [6.45, 7) is 2.67. The first kappa shape index (κ1) is 16.5. The van der Waals surface area contributed by atoms with Crippen LogP contribution in [0.15, 0.2) is 30.5 Å². The third kappa shape index (κ3) is 3.34. The smallest absolute Gasteiger partial charge is 0.233 e. The number of nitrogens with zero attached hydrogens (tertiary/aromatic N) is 6. The molecule has 2 aliphatic rings. The zero-order valence-electron chi connectivity index (χ0n) is 15.6. The van der Waals surface area contributed by atoms with Crippen LogP contribution in [0.2, 0.25) is 0 Å². The fraction of sp³-hybridized carbons (Fsp3) is 0.500. The van der Waals surface area contributed by atoms with Gasteiger partial charge in [0.2, 0.25) is 11.8 Å². The average Bonchev–Trinajstić information content (AvgIpc) is 3.52. The van der Waals surface area contributed by atoms with Crippen molar-refractivity contribution in [3.8, 4) is 5.88 Å². The average molecular weight is 364 g/mol. The number of aromatic nitrogens is 5. The van der Waals surface area contributed by atoms with E-state index in [1.807, 2.05) is 31.4 Å². The Hall–Kier alpha value is -2.70. The van der Waals surface area contributed by atoms with Gasteiger partial charge in [-0.25, -0.2) is 9.97 Å². The van der Waals surface area contributed by atoms with Crippen LogP contribution in [0.4, 0.5) is 5.95 Å². The van der Waals surface area contributed by atoms with E-state index in [2.05, 4.69) is 30.7 Å². The molecule has 7 nitrogen and oxygen atoms in total. The lowest BCUT2D eigenvalue weighted by Gasteiger charge is -2.32. The highest BCUT2D eigenvalue weighted by Crippen LogP contribution is 2.38. The van der Waals surface area contributed by atoms with Gasteiger partial charge in [-0.3, -0.25) is 4.57 Å². The molecular weight excluding hydrogens is 340 g/mol. The monoisotopic (exact) mass is 364 g/mol. The van der Waals surface area contributed by atoms with E-state index >= 15 is 0 Å². The number of hydrogen-bond donors (Lipinski definition) is 0. The maximum Gasteiger partial charge on any atom is 0.233 e. The summed E-state index contributed by atoms with van der Waals surface area (Å²) in [5.41, 5.74) is 2.99. The van der Waals surface area contributed by atoms with Crippen LogP contribution >= 0.6 is 0 Å². The van der Waals surface area contributed by atoms with Crippen LogP contribution in [0.3, 0.4) is 0 Å². The lowest BCUT2D eigenvalue weighted by atomic mass is 9.98. The van der Waals surface area contributed by atoms with Gasteiger partial charge in [-0.15, -0.1) is 5.10 Å². The lowest BCUT2D eigenvalue weighted by Crippen LogP contribution is -2.37. The number of rotatable bonds is 5. The van der Waals surface area contributed by atoms with Crippen LogP contribution in [-0.2, 0) is 7.05 Å². The van der Waals surface area contributed by atoms with E-state index in [0.717, 1.165) is 48.7 Å². The van der Waals surface area contributed by atoms with Crippen LogP contribution in [0, 0.1) is 5.92 Å². The molecule has 0 bridgehead atoms. The standard InChI is InChI=1S/C20H24N6O/c1-25-19-17(3-2-10-21-19)22-20(25)26-11-8-14(9-12-26)13-27-18-7-6-16(23-24-18)15-4-5-15/h2-3,6-7,10,14-15H,4-5,8-9,11-13H2,1H3. The first-order valence-electron chi connectivity index (χ1n) is 9.77. The predicted molar refractivity (Wildman–Crippen MR) is 103 cm³/mol. The van der Waals surface area contributed by atoms with Crippen molar-refractivity contribution in [3.63, 3.8) is 0 Å². The fourth-order valence-electron chi connectivity index (χ4n) is 3.80. The van der Waals surface area contributed by atoms with E-state index in [0.29, 0.717) is 24.3 Å². The van der Waals surface area contributed by atoms with Crippen LogP contribution in [0.25, 0.3) is 11.2 Å². The number of imidazole rings is 1. The van der Waals surface area contributed by atoms with Crippen molar-refractivity contribution in [3.05, 3.63) is 36.2 Å². The molecule has 0 unspecified atom stereocenters. The van der Waals surface area contributed by atoms with E-state index in [9.17, 15) is 0 Å². The van der Waals surface area contributed by atoms with Crippen molar-refractivity contribution in [2.75, 3.05) is 24.6 Å². The Morgan fingerprint density at radius 3 is 2.63 bits per heavy atom. The molecule has 1 saturated carbocycles. The van der Waals surface area contributed by atoms with Crippen LogP contribution in [0.5, 0.6) is 5.88 Å². The minimum Gasteiger partial charge on any atom is -0.476 e. The summed E-state index contributed by atoms with van der Waals surface area (Å²) >= 11 is 0. The van der Waals surface area contributed by atoms with E-state index < -0.39 is 0 Å². The second kappa shape index (κ2) is 6.79. The van der Waals surface area contributed by atoms with Gasteiger partial charge in [0, 0.05) is 38.3 Å². The molecule has 5 rings (SSSR count). The second-order valence-electron chi connectivity index (χ2n) is 7.63. The molecule has 3 aromatic rings. The molecule has 0 radical (unpaired) electrons. The first-order valence-corrected chi connectivity index (χ1v) is 9.77. The zero-order valence-corrected chi connectivity index (χ0v) is 15.6. The van der Waals surface area contributed by atoms with Crippen molar-refractivity contribution in [1.82, 2.24) is 24.7 Å². The quantitative estimate of drug-likeness (QED) is 0.693. The van der Waals surface area contributed by atoms with Crippen molar-refractivity contribution in [1.29, 1.82) is 0 Å². The zero-order chi connectivity index (χ0) is 18.2. The number of fused-ring (bicyclic) bond motifs is 1. The molecule has 1 aliphatic heterocycles. The SMILES string of the molecule is Cn1c(N2CCC(COc3ccc(C4CC4)nn3)CC2)nc2cccnc21. The predicted octanol–water partition coefficient (Wildman–Crippen LogP) is 2.93. The van der Waals surface area contributed by atoms with Gasteiger partial charge in [-0.1, -0.05) is 0 Å². The molecule has 3 aromatic heterocycles. The Morgan fingerprint density at radius 2 is 1.93 bits per heavy atom. The number of ether oxygens (including phenoxy) is 1. The van der Waals surface area contributed by atoms with Gasteiger partial charge in [0.15, 0.2) is 5.65 Å². The molecule has 0 spiro atoms. The molecule has 0 aromatic carbocycles. The molecule has 7 heteroatoms. The summed E-state index contributed by atoms with van der Waals surface area (Å²) in [7, 11) is 2.04. The number of anilines is 1. The number of piperidine rings is 1. The van der Waals surface area contributed by atoms with Gasteiger partial charge < -0.3 is 9.64 Å². The Morgan fingerprint density at radius 1 is 1.07 bits per heavy atom. The van der Waals surface area contributed by atoms with Crippen molar-refractivity contribution >= 4 is 17.1 Å². The Balaban J connectivity index is 1.17. The van der Waals surface area contributed by atoms with Crippen molar-refractivity contribution in [2.24, 2.45) is 13.0 Å². The molecule has 1 saturated heterocycles. The molecule has 1 aliphatic carbocycles. The minimum atomic E-state index is 0.541. The van der Waals surface area contributed by atoms with E-state index in [1.54, 1.807) is 0 Å². The third-order valence-corrected chi connectivity index (χ3v) is 5.62. The lowest BCUT2D eigenvalue weighted by molar-refractivity contribution is 0.213. The summed E-state index contributed by atoms with van der Waals surface area (Å²) in [6, 6.07) is 7.97. The van der Waals surface area contributed by atoms with Gasteiger partial charge in [0.25, 0.3) is 0 Å². The fourth-order valence-corrected chi connectivity index (χ4v) is 3.80. The van der Waals surface area contributed by atoms with Gasteiger partial charge >= 0.3 is 0 Å². The largest absolute Gasteiger partial charge is 0.476 e. The second-order valence-corrected chi connectivity index (χ2v) is 7.63. The third-order valence-electron chi connectivity index (χ3n) is 5.62. The highest BCUT2D eigenvalue weighted by Gasteiger charge is 2.26. The van der Waals surface area contributed by atoms with E-state index in [4.69, 9.17) is 9.72 Å². The number of hydrogen-bond acceptors (Lipinski definition) is 6. The molecule has 2 fully saturated rings. The Bertz CT molecular complexity index is 925. The normalized spacial score (nSPS) is 18.2. The van der Waals surface area contributed by atoms with E-state index in [1.165, 1.54) is 12.8 Å². The molecule has 4 heterocycles. The highest BCUT2D eigenvalue weighted by molar-refractivity contribution is 5.74. The molecular formula is C20H24N6O. The summed E-state index contributed by atoms with van der Waals surface area (Å²) in [4.78, 5) is 11.5. The summed E-state index contributed by atoms with van der Waals surface area (Å²) < 4.78 is 7.98. The Kier molecular flexibility index (Phi) is 4.14. The maximum absolute atomic E-state index is 5.89.